The van der Waals surface area contributed by atoms with Gasteiger partial charge in [-0.25, -0.2) is 4.79 Å². The van der Waals surface area contributed by atoms with Crippen LogP contribution < -0.4 is 14.2 Å². The van der Waals surface area contributed by atoms with Gasteiger partial charge in [0, 0.05) is 5.56 Å². The van der Waals surface area contributed by atoms with Crippen LogP contribution in [0.5, 0.6) is 17.2 Å². The first kappa shape index (κ1) is 19.2. The number of esters is 1. The summed E-state index contributed by atoms with van der Waals surface area (Å²) in [7, 11) is 4.61. The summed E-state index contributed by atoms with van der Waals surface area (Å²) >= 11 is 0. The second-order valence-corrected chi connectivity index (χ2v) is 5.79. The number of carbonyl (C=O) groups is 1. The quantitative estimate of drug-likeness (QED) is 0.570. The van der Waals surface area contributed by atoms with Crippen molar-refractivity contribution in [3.8, 4) is 28.7 Å². The Labute approximate surface area is 162 Å². The molecular weight excluding hydrogens is 364 g/mol. The minimum Gasteiger partial charge on any atom is -0.497 e. The lowest BCUT2D eigenvalue weighted by atomic mass is 10.2. The summed E-state index contributed by atoms with van der Waals surface area (Å²) in [5, 5.41) is 7.98. The first-order valence-electron chi connectivity index (χ1n) is 8.46. The van der Waals surface area contributed by atoms with Crippen molar-refractivity contribution in [1.82, 2.24) is 10.2 Å². The molecule has 8 heteroatoms. The van der Waals surface area contributed by atoms with E-state index < -0.39 is 12.1 Å². The van der Waals surface area contributed by atoms with Crippen LogP contribution in [0.25, 0.3) is 11.5 Å². The highest BCUT2D eigenvalue weighted by Gasteiger charge is 2.21. The van der Waals surface area contributed by atoms with E-state index in [0.717, 1.165) is 11.3 Å². The van der Waals surface area contributed by atoms with E-state index in [-0.39, 0.29) is 5.89 Å². The third-order valence-corrected chi connectivity index (χ3v) is 4.03. The molecule has 0 fully saturated rings. The molecule has 0 amide bonds. The van der Waals surface area contributed by atoms with Crippen LogP contribution in [0.1, 0.15) is 29.3 Å². The van der Waals surface area contributed by atoms with Crippen LogP contribution in [0.2, 0.25) is 0 Å². The van der Waals surface area contributed by atoms with Crippen LogP contribution in [-0.4, -0.2) is 37.5 Å². The van der Waals surface area contributed by atoms with E-state index in [4.69, 9.17) is 23.4 Å². The van der Waals surface area contributed by atoms with Crippen molar-refractivity contribution in [3.05, 3.63) is 53.9 Å². The molecule has 1 heterocycles. The fraction of sp³-hybridized carbons (Fsp3) is 0.250. The predicted molar refractivity (Wildman–Crippen MR) is 99.7 cm³/mol. The minimum absolute atomic E-state index is 0.194. The Morgan fingerprint density at radius 3 is 2.29 bits per heavy atom. The van der Waals surface area contributed by atoms with Crippen molar-refractivity contribution in [1.29, 1.82) is 0 Å². The monoisotopic (exact) mass is 384 g/mol. The third kappa shape index (κ3) is 4.06. The smallest absolute Gasteiger partial charge is 0.339 e. The number of methoxy groups -OCH3 is 3. The highest BCUT2D eigenvalue weighted by molar-refractivity contribution is 5.90. The average molecular weight is 384 g/mol. The van der Waals surface area contributed by atoms with Crippen molar-refractivity contribution >= 4 is 5.97 Å². The Morgan fingerprint density at radius 2 is 1.64 bits per heavy atom. The molecule has 0 aliphatic carbocycles. The summed E-state index contributed by atoms with van der Waals surface area (Å²) in [4.78, 5) is 12.4. The summed E-state index contributed by atoms with van der Waals surface area (Å²) in [6, 6.07) is 12.0. The molecule has 0 bridgehead atoms. The van der Waals surface area contributed by atoms with Crippen molar-refractivity contribution in [2.75, 3.05) is 21.3 Å². The van der Waals surface area contributed by atoms with Gasteiger partial charge in [-0.3, -0.25) is 0 Å². The van der Waals surface area contributed by atoms with Gasteiger partial charge in [0.1, 0.15) is 5.75 Å². The van der Waals surface area contributed by atoms with Crippen molar-refractivity contribution in [2.45, 2.75) is 13.0 Å². The van der Waals surface area contributed by atoms with Crippen LogP contribution >= 0.6 is 0 Å². The molecule has 0 saturated carbocycles. The standard InChI is InChI=1S/C20H20N2O6/c1-12(27-20(23)14-7-10-16(25-3)17(11-14)26-4)18-21-22-19(28-18)13-5-8-15(24-2)9-6-13/h5-12H,1-4H3/t12-/m0/s1. The molecule has 0 unspecified atom stereocenters. The summed E-state index contributed by atoms with van der Waals surface area (Å²) in [6.45, 7) is 1.66. The molecule has 1 aromatic heterocycles. The van der Waals surface area contributed by atoms with E-state index in [2.05, 4.69) is 10.2 Å². The van der Waals surface area contributed by atoms with Crippen LogP contribution in [0.15, 0.2) is 46.9 Å². The maximum atomic E-state index is 12.4. The SMILES string of the molecule is COc1ccc(-c2nnc([C@H](C)OC(=O)c3ccc(OC)c(OC)c3)o2)cc1. The maximum Gasteiger partial charge on any atom is 0.339 e. The van der Waals surface area contributed by atoms with Crippen LogP contribution in [0, 0.1) is 0 Å². The number of benzene rings is 2. The number of carbonyl (C=O) groups excluding carboxylic acids is 1. The van der Waals surface area contributed by atoms with Crippen LogP contribution in [-0.2, 0) is 4.74 Å². The number of hydrogen-bond acceptors (Lipinski definition) is 8. The van der Waals surface area contributed by atoms with Gasteiger partial charge in [-0.05, 0) is 49.4 Å². The maximum absolute atomic E-state index is 12.4. The van der Waals surface area contributed by atoms with Gasteiger partial charge in [0.15, 0.2) is 17.6 Å². The lowest BCUT2D eigenvalue weighted by Crippen LogP contribution is -2.10. The van der Waals surface area contributed by atoms with Gasteiger partial charge < -0.3 is 23.4 Å². The van der Waals surface area contributed by atoms with Crippen molar-refractivity contribution < 1.29 is 28.2 Å². The van der Waals surface area contributed by atoms with E-state index in [1.54, 1.807) is 56.5 Å². The first-order valence-corrected chi connectivity index (χ1v) is 8.46. The molecule has 0 aliphatic rings. The predicted octanol–water partition coefficient (Wildman–Crippen LogP) is 3.68. The van der Waals surface area contributed by atoms with Gasteiger partial charge >= 0.3 is 5.97 Å². The number of rotatable bonds is 7. The van der Waals surface area contributed by atoms with Crippen LogP contribution in [0.4, 0.5) is 0 Å². The second kappa shape index (κ2) is 8.43. The third-order valence-electron chi connectivity index (χ3n) is 4.03. The summed E-state index contributed by atoms with van der Waals surface area (Å²) in [6.07, 6.45) is -0.722. The fourth-order valence-corrected chi connectivity index (χ4v) is 2.49. The van der Waals surface area contributed by atoms with Gasteiger partial charge in [-0.15, -0.1) is 10.2 Å². The normalized spacial score (nSPS) is 11.6. The Balaban J connectivity index is 1.71. The zero-order valence-electron chi connectivity index (χ0n) is 16.0. The molecule has 2 aromatic carbocycles. The summed E-state index contributed by atoms with van der Waals surface area (Å²) < 4.78 is 26.6. The van der Waals surface area contributed by atoms with Crippen LogP contribution in [0.3, 0.4) is 0 Å². The molecule has 0 aliphatic heterocycles. The number of aromatic nitrogens is 2. The Kier molecular flexibility index (Phi) is 5.78. The Morgan fingerprint density at radius 1 is 0.929 bits per heavy atom. The second-order valence-electron chi connectivity index (χ2n) is 5.79. The zero-order valence-corrected chi connectivity index (χ0v) is 16.0. The molecular formula is C20H20N2O6. The molecule has 0 saturated heterocycles. The molecule has 0 radical (unpaired) electrons. The Hall–Kier alpha value is -3.55. The van der Waals surface area contributed by atoms with Gasteiger partial charge in [-0.2, -0.15) is 0 Å². The van der Waals surface area contributed by atoms with E-state index in [9.17, 15) is 4.79 Å². The molecule has 8 nitrogen and oxygen atoms in total. The van der Waals surface area contributed by atoms with Gasteiger partial charge in [0.2, 0.25) is 5.89 Å². The molecule has 3 aromatic rings. The van der Waals surface area contributed by atoms with E-state index in [1.807, 2.05) is 0 Å². The number of hydrogen-bond donors (Lipinski definition) is 0. The first-order chi connectivity index (χ1) is 13.5. The largest absolute Gasteiger partial charge is 0.497 e. The van der Waals surface area contributed by atoms with Gasteiger partial charge in [0.05, 0.1) is 26.9 Å². The van der Waals surface area contributed by atoms with Gasteiger partial charge in [0.25, 0.3) is 5.89 Å². The van der Waals surface area contributed by atoms with Crippen molar-refractivity contribution in [2.24, 2.45) is 0 Å². The highest BCUT2D eigenvalue weighted by Crippen LogP contribution is 2.29. The fourth-order valence-electron chi connectivity index (χ4n) is 2.49. The topological polar surface area (TPSA) is 92.9 Å². The highest BCUT2D eigenvalue weighted by atomic mass is 16.6. The molecule has 0 N–H and O–H groups in total. The Bertz CT molecular complexity index is 952. The molecule has 0 spiro atoms. The number of ether oxygens (including phenoxy) is 4. The zero-order chi connectivity index (χ0) is 20.1. The molecule has 28 heavy (non-hydrogen) atoms. The minimum atomic E-state index is -0.722. The lowest BCUT2D eigenvalue weighted by molar-refractivity contribution is 0.0279. The van der Waals surface area contributed by atoms with Gasteiger partial charge in [-0.1, -0.05) is 0 Å². The molecule has 3 rings (SSSR count). The summed E-state index contributed by atoms with van der Waals surface area (Å²) in [5.41, 5.74) is 1.05. The van der Waals surface area contributed by atoms with Crippen molar-refractivity contribution in [3.63, 3.8) is 0 Å². The number of nitrogens with zero attached hydrogens (tertiary/aromatic N) is 2. The van der Waals surface area contributed by atoms with E-state index in [0.29, 0.717) is 23.0 Å². The average Bonchev–Trinajstić information content (AvgIpc) is 3.23. The summed E-state index contributed by atoms with van der Waals surface area (Å²) in [5.74, 6) is 1.65. The lowest BCUT2D eigenvalue weighted by Gasteiger charge is -2.11. The molecule has 1 atom stereocenters. The van der Waals surface area contributed by atoms with E-state index >= 15 is 0 Å². The van der Waals surface area contributed by atoms with E-state index in [1.165, 1.54) is 14.2 Å². The molecule has 146 valence electrons.